The summed E-state index contributed by atoms with van der Waals surface area (Å²) in [5, 5.41) is 0.407. The van der Waals surface area contributed by atoms with E-state index in [4.69, 9.17) is 13.9 Å². The van der Waals surface area contributed by atoms with E-state index in [0.29, 0.717) is 52.1 Å². The zero-order valence-corrected chi connectivity index (χ0v) is 24.3. The monoisotopic (exact) mass is 574 g/mol. The number of carbonyl (C=O) groups is 2. The topological polar surface area (TPSA) is 89.3 Å². The number of nitrogens with zero attached hydrogens (tertiary/aromatic N) is 2. The zero-order chi connectivity index (χ0) is 30.2. The highest BCUT2D eigenvalue weighted by Crippen LogP contribution is 2.26. The maximum atomic E-state index is 13.9. The molecule has 0 saturated heterocycles. The van der Waals surface area contributed by atoms with E-state index in [9.17, 15) is 18.8 Å². The van der Waals surface area contributed by atoms with Crippen LogP contribution >= 0.6 is 0 Å². The molecule has 3 aromatic carbocycles. The number of amides is 2. The number of hydrogen-bond donors (Lipinski definition) is 0. The summed E-state index contributed by atoms with van der Waals surface area (Å²) in [5.41, 5.74) is 1.47. The highest BCUT2D eigenvalue weighted by molar-refractivity contribution is 5.99. The number of para-hydroxylation sites is 1. The van der Waals surface area contributed by atoms with Gasteiger partial charge in [0, 0.05) is 19.2 Å². The Morgan fingerprint density at radius 3 is 2.36 bits per heavy atom. The summed E-state index contributed by atoms with van der Waals surface area (Å²) >= 11 is 0. The average molecular weight is 575 g/mol. The molecular formula is C33H35FN2O6. The summed E-state index contributed by atoms with van der Waals surface area (Å²) in [5.74, 6) is 0.00881. The summed E-state index contributed by atoms with van der Waals surface area (Å²) < 4.78 is 30.0. The minimum Gasteiger partial charge on any atom is -0.497 e. The van der Waals surface area contributed by atoms with Gasteiger partial charge in [0.2, 0.25) is 5.91 Å². The van der Waals surface area contributed by atoms with Gasteiger partial charge in [-0.25, -0.2) is 4.39 Å². The molecule has 220 valence electrons. The zero-order valence-electron chi connectivity index (χ0n) is 24.3. The van der Waals surface area contributed by atoms with Crippen LogP contribution in [-0.4, -0.2) is 48.9 Å². The first-order valence-electron chi connectivity index (χ1n) is 13.7. The largest absolute Gasteiger partial charge is 0.497 e. The van der Waals surface area contributed by atoms with E-state index in [0.717, 1.165) is 0 Å². The summed E-state index contributed by atoms with van der Waals surface area (Å²) in [4.78, 5) is 43.9. The van der Waals surface area contributed by atoms with Gasteiger partial charge in [0.25, 0.3) is 5.91 Å². The van der Waals surface area contributed by atoms with Crippen molar-refractivity contribution < 1.29 is 27.9 Å². The molecule has 0 saturated carbocycles. The average Bonchev–Trinajstić information content (AvgIpc) is 3.00. The molecule has 8 nitrogen and oxygen atoms in total. The van der Waals surface area contributed by atoms with Crippen molar-refractivity contribution in [3.05, 3.63) is 106 Å². The number of benzene rings is 3. The fraction of sp³-hybridized carbons (Fsp3) is 0.303. The van der Waals surface area contributed by atoms with Gasteiger partial charge in [0.05, 0.1) is 43.5 Å². The van der Waals surface area contributed by atoms with Gasteiger partial charge in [0.15, 0.2) is 5.43 Å². The van der Waals surface area contributed by atoms with Gasteiger partial charge in [-0.05, 0) is 54.3 Å². The van der Waals surface area contributed by atoms with E-state index < -0.39 is 5.82 Å². The molecule has 0 radical (unpaired) electrons. The minimum absolute atomic E-state index is 0.0541. The first kappa shape index (κ1) is 30.3. The van der Waals surface area contributed by atoms with Crippen LogP contribution in [0.2, 0.25) is 0 Å². The first-order chi connectivity index (χ1) is 20.2. The fourth-order valence-electron chi connectivity index (χ4n) is 4.55. The van der Waals surface area contributed by atoms with Crippen molar-refractivity contribution in [3.63, 3.8) is 0 Å². The molecule has 1 aromatic heterocycles. The van der Waals surface area contributed by atoms with Crippen molar-refractivity contribution in [3.8, 4) is 11.5 Å². The number of fused-ring (bicyclic) bond motifs is 1. The highest BCUT2D eigenvalue weighted by atomic mass is 19.1. The molecule has 0 bridgehead atoms. The van der Waals surface area contributed by atoms with E-state index in [1.807, 2.05) is 13.8 Å². The van der Waals surface area contributed by atoms with Gasteiger partial charge < -0.3 is 23.7 Å². The smallest absolute Gasteiger partial charge is 0.258 e. The van der Waals surface area contributed by atoms with Gasteiger partial charge in [-0.1, -0.05) is 38.1 Å². The molecule has 4 aromatic rings. The Labute approximate surface area is 244 Å². The van der Waals surface area contributed by atoms with Crippen LogP contribution in [0.25, 0.3) is 11.0 Å². The number of halogens is 1. The summed E-state index contributed by atoms with van der Waals surface area (Å²) in [6.07, 6.45) is 2.03. The molecule has 0 aliphatic heterocycles. The van der Waals surface area contributed by atoms with Crippen molar-refractivity contribution in [1.29, 1.82) is 0 Å². The molecule has 0 fully saturated rings. The SMILES string of the molecule is COc1ccc(C(=O)N(CCC(C)C)CC(=O)N(Cc2ccc(F)cc2)Cc2coc3ccccc3c2=O)c(OC)c1. The van der Waals surface area contributed by atoms with Crippen LogP contribution in [0.5, 0.6) is 11.5 Å². The third-order valence-electron chi connectivity index (χ3n) is 6.98. The number of hydrogen-bond acceptors (Lipinski definition) is 6. The number of carbonyl (C=O) groups excluding carboxylic acids is 2. The predicted octanol–water partition coefficient (Wildman–Crippen LogP) is 5.67. The van der Waals surface area contributed by atoms with Crippen molar-refractivity contribution in [2.24, 2.45) is 5.92 Å². The third kappa shape index (κ3) is 7.34. The van der Waals surface area contributed by atoms with E-state index in [1.165, 1.54) is 42.4 Å². The van der Waals surface area contributed by atoms with Crippen LogP contribution in [0, 0.1) is 11.7 Å². The van der Waals surface area contributed by atoms with Gasteiger partial charge in [0.1, 0.15) is 29.4 Å². The molecule has 0 unspecified atom stereocenters. The van der Waals surface area contributed by atoms with Crippen molar-refractivity contribution in [1.82, 2.24) is 9.80 Å². The van der Waals surface area contributed by atoms with Crippen LogP contribution < -0.4 is 14.9 Å². The minimum atomic E-state index is -0.398. The summed E-state index contributed by atoms with van der Waals surface area (Å²) in [6.45, 7) is 4.22. The lowest BCUT2D eigenvalue weighted by Crippen LogP contribution is -2.43. The molecule has 42 heavy (non-hydrogen) atoms. The van der Waals surface area contributed by atoms with Gasteiger partial charge >= 0.3 is 0 Å². The molecule has 0 N–H and O–H groups in total. The Balaban J connectivity index is 1.66. The summed E-state index contributed by atoms with van der Waals surface area (Å²) in [6, 6.07) is 17.6. The van der Waals surface area contributed by atoms with Crippen molar-refractivity contribution in [2.75, 3.05) is 27.3 Å². The third-order valence-corrected chi connectivity index (χ3v) is 6.98. The lowest BCUT2D eigenvalue weighted by atomic mass is 10.1. The normalized spacial score (nSPS) is 11.0. The second-order valence-electron chi connectivity index (χ2n) is 10.4. The lowest BCUT2D eigenvalue weighted by molar-refractivity contribution is -0.133. The molecule has 0 aliphatic rings. The van der Waals surface area contributed by atoms with Gasteiger partial charge in [-0.15, -0.1) is 0 Å². The number of ether oxygens (including phenoxy) is 2. The molecule has 0 spiro atoms. The Morgan fingerprint density at radius 2 is 1.67 bits per heavy atom. The van der Waals surface area contributed by atoms with Gasteiger partial charge in [-0.2, -0.15) is 0 Å². The molecule has 1 heterocycles. The van der Waals surface area contributed by atoms with Gasteiger partial charge in [-0.3, -0.25) is 14.4 Å². The standard InChI is InChI=1S/C33H35FN2O6/c1-22(2)15-16-35(33(39)28-14-13-26(40-3)17-30(28)41-4)20-31(37)36(18-23-9-11-25(34)12-10-23)19-24-21-42-29-8-6-5-7-27(29)32(24)38/h5-14,17,21-22H,15-16,18-20H2,1-4H3. The first-order valence-corrected chi connectivity index (χ1v) is 13.7. The Morgan fingerprint density at radius 1 is 0.929 bits per heavy atom. The lowest BCUT2D eigenvalue weighted by Gasteiger charge is -2.29. The van der Waals surface area contributed by atoms with E-state index in [-0.39, 0.29) is 42.8 Å². The number of rotatable bonds is 12. The van der Waals surface area contributed by atoms with E-state index in [2.05, 4.69) is 0 Å². The fourth-order valence-corrected chi connectivity index (χ4v) is 4.55. The maximum absolute atomic E-state index is 13.9. The summed E-state index contributed by atoms with van der Waals surface area (Å²) in [7, 11) is 2.99. The highest BCUT2D eigenvalue weighted by Gasteiger charge is 2.26. The van der Waals surface area contributed by atoms with Crippen LogP contribution in [0.3, 0.4) is 0 Å². The second-order valence-corrected chi connectivity index (χ2v) is 10.4. The number of methoxy groups -OCH3 is 2. The quantitative estimate of drug-likeness (QED) is 0.217. The van der Waals surface area contributed by atoms with E-state index >= 15 is 0 Å². The van der Waals surface area contributed by atoms with E-state index in [1.54, 1.807) is 54.6 Å². The van der Waals surface area contributed by atoms with Crippen LogP contribution in [0.15, 0.2) is 82.2 Å². The van der Waals surface area contributed by atoms with Crippen molar-refractivity contribution in [2.45, 2.75) is 33.4 Å². The molecule has 0 atom stereocenters. The van der Waals surface area contributed by atoms with Crippen LogP contribution in [0.4, 0.5) is 4.39 Å². The maximum Gasteiger partial charge on any atom is 0.258 e. The Hall–Kier alpha value is -4.66. The molecule has 4 rings (SSSR count). The Bertz CT molecular complexity index is 1600. The second kappa shape index (κ2) is 13.8. The predicted molar refractivity (Wildman–Crippen MR) is 158 cm³/mol. The molecular weight excluding hydrogens is 539 g/mol. The molecule has 2 amide bonds. The molecule has 9 heteroatoms. The van der Waals surface area contributed by atoms with Crippen LogP contribution in [0.1, 0.15) is 41.8 Å². The molecule has 0 aliphatic carbocycles. The van der Waals surface area contributed by atoms with Crippen LogP contribution in [-0.2, 0) is 17.9 Å². The Kier molecular flexibility index (Phi) is 9.96. The van der Waals surface area contributed by atoms with Crippen molar-refractivity contribution >= 4 is 22.8 Å².